The Morgan fingerprint density at radius 1 is 1.33 bits per heavy atom. The van der Waals surface area contributed by atoms with Gasteiger partial charge in [0, 0.05) is 0 Å². The highest BCUT2D eigenvalue weighted by atomic mass is 16.4. The first-order valence-electron chi connectivity index (χ1n) is 4.97. The summed E-state index contributed by atoms with van der Waals surface area (Å²) in [6.45, 7) is 0. The molecule has 0 heterocycles. The van der Waals surface area contributed by atoms with Crippen LogP contribution < -0.4 is 0 Å². The molecule has 0 saturated heterocycles. The zero-order valence-corrected chi connectivity index (χ0v) is 7.12. The van der Waals surface area contributed by atoms with Crippen molar-refractivity contribution < 1.29 is 9.90 Å². The Morgan fingerprint density at radius 3 is 2.75 bits per heavy atom. The van der Waals surface area contributed by atoms with Crippen LogP contribution in [0, 0.1) is 23.2 Å². The predicted molar refractivity (Wildman–Crippen MR) is 43.6 cm³/mol. The van der Waals surface area contributed by atoms with E-state index in [0.29, 0.717) is 5.41 Å². The van der Waals surface area contributed by atoms with Crippen molar-refractivity contribution >= 4 is 5.97 Å². The Hall–Kier alpha value is -0.530. The highest BCUT2D eigenvalue weighted by molar-refractivity contribution is 5.75. The molecule has 3 aliphatic carbocycles. The highest BCUT2D eigenvalue weighted by Crippen LogP contribution is 2.74. The molecule has 2 nitrogen and oxygen atoms in total. The fourth-order valence-corrected chi connectivity index (χ4v) is 3.81. The molecule has 0 amide bonds. The SMILES string of the molecule is O=C(O)[C@H]1CC12C[C@H]1CCC[C@H]12. The molecule has 66 valence electrons. The van der Waals surface area contributed by atoms with Crippen LogP contribution in [0.1, 0.15) is 32.1 Å². The molecule has 1 N–H and O–H groups in total. The molecule has 1 unspecified atom stereocenters. The van der Waals surface area contributed by atoms with Gasteiger partial charge in [-0.3, -0.25) is 4.79 Å². The van der Waals surface area contributed by atoms with Crippen LogP contribution in [-0.2, 0) is 4.79 Å². The van der Waals surface area contributed by atoms with Crippen LogP contribution in [0.5, 0.6) is 0 Å². The second-order valence-electron chi connectivity index (χ2n) is 4.83. The maximum atomic E-state index is 10.8. The van der Waals surface area contributed by atoms with E-state index in [9.17, 15) is 4.79 Å². The molecule has 1 spiro atoms. The standard InChI is InChI=1S/C10H14O2/c11-9(12)8-5-10(8)4-6-2-1-3-7(6)10/h6-8H,1-5H2,(H,11,12)/t6-,7-,8-,10?/m1/s1. The van der Waals surface area contributed by atoms with Gasteiger partial charge in [-0.15, -0.1) is 0 Å². The predicted octanol–water partition coefficient (Wildman–Crippen LogP) is 1.90. The Morgan fingerprint density at radius 2 is 2.17 bits per heavy atom. The monoisotopic (exact) mass is 166 g/mol. The minimum Gasteiger partial charge on any atom is -0.481 e. The summed E-state index contributed by atoms with van der Waals surface area (Å²) in [6, 6.07) is 0. The number of fused-ring (bicyclic) bond motifs is 2. The van der Waals surface area contributed by atoms with E-state index in [4.69, 9.17) is 5.11 Å². The van der Waals surface area contributed by atoms with E-state index in [1.54, 1.807) is 0 Å². The summed E-state index contributed by atoms with van der Waals surface area (Å²) in [6.07, 6.45) is 6.26. The lowest BCUT2D eigenvalue weighted by atomic mass is 9.62. The summed E-state index contributed by atoms with van der Waals surface area (Å²) >= 11 is 0. The van der Waals surface area contributed by atoms with E-state index in [2.05, 4.69) is 0 Å². The molecule has 0 aromatic rings. The second-order valence-corrected chi connectivity index (χ2v) is 4.83. The van der Waals surface area contributed by atoms with Gasteiger partial charge >= 0.3 is 5.97 Å². The van der Waals surface area contributed by atoms with Crippen molar-refractivity contribution in [3.63, 3.8) is 0 Å². The average Bonchev–Trinajstić information content (AvgIpc) is 2.65. The van der Waals surface area contributed by atoms with Gasteiger partial charge in [-0.25, -0.2) is 0 Å². The van der Waals surface area contributed by atoms with Crippen molar-refractivity contribution in [2.45, 2.75) is 32.1 Å². The smallest absolute Gasteiger partial charge is 0.307 e. The van der Waals surface area contributed by atoms with Crippen LogP contribution in [0.25, 0.3) is 0 Å². The van der Waals surface area contributed by atoms with Gasteiger partial charge in [0.1, 0.15) is 0 Å². The lowest BCUT2D eigenvalue weighted by molar-refractivity contribution is -0.141. The summed E-state index contributed by atoms with van der Waals surface area (Å²) in [5.41, 5.74) is 0.312. The molecule has 3 fully saturated rings. The number of hydrogen-bond donors (Lipinski definition) is 1. The van der Waals surface area contributed by atoms with Crippen LogP contribution in [0.15, 0.2) is 0 Å². The summed E-state index contributed by atoms with van der Waals surface area (Å²) in [4.78, 5) is 10.8. The Labute approximate surface area is 72.0 Å². The maximum Gasteiger partial charge on any atom is 0.307 e. The lowest BCUT2D eigenvalue weighted by Gasteiger charge is -2.42. The van der Waals surface area contributed by atoms with Crippen molar-refractivity contribution in [1.82, 2.24) is 0 Å². The van der Waals surface area contributed by atoms with Gasteiger partial charge in [-0.2, -0.15) is 0 Å². The summed E-state index contributed by atoms with van der Waals surface area (Å²) in [5, 5.41) is 8.87. The number of rotatable bonds is 1. The summed E-state index contributed by atoms with van der Waals surface area (Å²) < 4.78 is 0. The first-order chi connectivity index (χ1) is 5.74. The number of carboxylic acid groups (broad SMARTS) is 1. The Bertz CT molecular complexity index is 248. The highest BCUT2D eigenvalue weighted by Gasteiger charge is 2.70. The van der Waals surface area contributed by atoms with Gasteiger partial charge < -0.3 is 5.11 Å². The fourth-order valence-electron chi connectivity index (χ4n) is 3.81. The minimum atomic E-state index is -0.541. The molecule has 4 atom stereocenters. The number of aliphatic carboxylic acids is 1. The van der Waals surface area contributed by atoms with Crippen molar-refractivity contribution in [3.05, 3.63) is 0 Å². The van der Waals surface area contributed by atoms with E-state index >= 15 is 0 Å². The molecule has 3 saturated carbocycles. The van der Waals surface area contributed by atoms with Crippen molar-refractivity contribution in [3.8, 4) is 0 Å². The Kier molecular flexibility index (Phi) is 1.07. The van der Waals surface area contributed by atoms with E-state index in [-0.39, 0.29) is 5.92 Å². The molecule has 2 heteroatoms. The molecule has 0 aliphatic heterocycles. The van der Waals surface area contributed by atoms with Gasteiger partial charge in [0.15, 0.2) is 0 Å². The van der Waals surface area contributed by atoms with Crippen molar-refractivity contribution in [1.29, 1.82) is 0 Å². The molecular weight excluding hydrogens is 152 g/mol. The summed E-state index contributed by atoms with van der Waals surface area (Å²) in [7, 11) is 0. The zero-order valence-electron chi connectivity index (χ0n) is 7.12. The molecule has 0 aromatic carbocycles. The van der Waals surface area contributed by atoms with E-state index in [1.807, 2.05) is 0 Å². The first kappa shape index (κ1) is 6.93. The van der Waals surface area contributed by atoms with Gasteiger partial charge in [-0.1, -0.05) is 12.8 Å². The van der Waals surface area contributed by atoms with Crippen LogP contribution in [0.3, 0.4) is 0 Å². The van der Waals surface area contributed by atoms with Crippen LogP contribution in [-0.4, -0.2) is 11.1 Å². The molecular formula is C10H14O2. The van der Waals surface area contributed by atoms with Crippen LogP contribution >= 0.6 is 0 Å². The third-order valence-corrected chi connectivity index (χ3v) is 4.46. The number of hydrogen-bond acceptors (Lipinski definition) is 1. The minimum absolute atomic E-state index is 0.0387. The van der Waals surface area contributed by atoms with E-state index in [0.717, 1.165) is 18.3 Å². The second kappa shape index (κ2) is 1.86. The van der Waals surface area contributed by atoms with E-state index < -0.39 is 5.97 Å². The Balaban J connectivity index is 1.77. The maximum absolute atomic E-state index is 10.8. The average molecular weight is 166 g/mol. The third-order valence-electron chi connectivity index (χ3n) is 4.46. The molecule has 0 aromatic heterocycles. The molecule has 3 aliphatic rings. The van der Waals surface area contributed by atoms with Crippen LogP contribution in [0.2, 0.25) is 0 Å². The zero-order chi connectivity index (χ0) is 8.34. The molecule has 0 bridgehead atoms. The molecule has 0 radical (unpaired) electrons. The van der Waals surface area contributed by atoms with Crippen molar-refractivity contribution in [2.24, 2.45) is 23.2 Å². The van der Waals surface area contributed by atoms with E-state index in [1.165, 1.54) is 25.7 Å². The van der Waals surface area contributed by atoms with Gasteiger partial charge in [0.25, 0.3) is 0 Å². The van der Waals surface area contributed by atoms with Gasteiger partial charge in [0.05, 0.1) is 5.92 Å². The first-order valence-corrected chi connectivity index (χ1v) is 4.97. The van der Waals surface area contributed by atoms with Gasteiger partial charge in [-0.05, 0) is 36.5 Å². The fraction of sp³-hybridized carbons (Fsp3) is 0.900. The topological polar surface area (TPSA) is 37.3 Å². The van der Waals surface area contributed by atoms with Crippen LogP contribution in [0.4, 0.5) is 0 Å². The normalized spacial score (nSPS) is 54.8. The van der Waals surface area contributed by atoms with Crippen molar-refractivity contribution in [2.75, 3.05) is 0 Å². The lowest BCUT2D eigenvalue weighted by Crippen LogP contribution is -2.37. The molecule has 3 rings (SSSR count). The number of carbonyl (C=O) groups is 1. The van der Waals surface area contributed by atoms with Gasteiger partial charge in [0.2, 0.25) is 0 Å². The third kappa shape index (κ3) is 0.606. The summed E-state index contributed by atoms with van der Waals surface area (Å²) in [5.74, 6) is 1.21. The largest absolute Gasteiger partial charge is 0.481 e. The number of carboxylic acids is 1. The molecule has 12 heavy (non-hydrogen) atoms. The quantitative estimate of drug-likeness (QED) is 0.646.